The highest BCUT2D eigenvalue weighted by Gasteiger charge is 2.03. The first kappa shape index (κ1) is 16.4. The van der Waals surface area contributed by atoms with E-state index in [0.717, 1.165) is 11.3 Å². The van der Waals surface area contributed by atoms with Gasteiger partial charge in [-0.1, -0.05) is 18.2 Å². The number of halogens is 1. The van der Waals surface area contributed by atoms with Crippen molar-refractivity contribution in [3.63, 3.8) is 0 Å². The Morgan fingerprint density at radius 2 is 1.52 bits per heavy atom. The van der Waals surface area contributed by atoms with E-state index >= 15 is 0 Å². The second kappa shape index (κ2) is 7.88. The number of ether oxygens (including phenoxy) is 1. The minimum atomic E-state index is -0.403. The van der Waals surface area contributed by atoms with Gasteiger partial charge in [0.25, 0.3) is 5.91 Å². The van der Waals surface area contributed by atoms with E-state index in [1.54, 1.807) is 0 Å². The summed E-state index contributed by atoms with van der Waals surface area (Å²) in [5.41, 5.74) is 3.54. The maximum absolute atomic E-state index is 12.8. The lowest BCUT2D eigenvalue weighted by Gasteiger charge is -2.05. The van der Waals surface area contributed by atoms with Crippen molar-refractivity contribution in [1.82, 2.24) is 5.43 Å². The smallest absolute Gasteiger partial charge is 0.271 e. The molecule has 0 bridgehead atoms. The van der Waals surface area contributed by atoms with Gasteiger partial charge in [-0.2, -0.15) is 5.10 Å². The Balaban J connectivity index is 1.56. The molecule has 0 atom stereocenters. The summed E-state index contributed by atoms with van der Waals surface area (Å²) in [4.78, 5) is 11.8. The van der Waals surface area contributed by atoms with Gasteiger partial charge >= 0.3 is 0 Å². The Labute approximate surface area is 144 Å². The zero-order chi connectivity index (χ0) is 17.5. The summed E-state index contributed by atoms with van der Waals surface area (Å²) in [5, 5.41) is 3.89. The van der Waals surface area contributed by atoms with Crippen molar-refractivity contribution >= 4 is 12.1 Å². The highest BCUT2D eigenvalue weighted by Crippen LogP contribution is 2.20. The topological polar surface area (TPSA) is 50.7 Å². The number of para-hydroxylation sites is 1. The third kappa shape index (κ3) is 4.75. The average Bonchev–Trinajstić information content (AvgIpc) is 2.64. The number of nitrogens with zero attached hydrogens (tertiary/aromatic N) is 1. The van der Waals surface area contributed by atoms with Crippen molar-refractivity contribution < 1.29 is 13.9 Å². The van der Waals surface area contributed by atoms with Gasteiger partial charge in [0.1, 0.15) is 17.3 Å². The first-order valence-electron chi connectivity index (χ1n) is 7.63. The number of hydrogen-bond acceptors (Lipinski definition) is 3. The number of rotatable bonds is 5. The van der Waals surface area contributed by atoms with Crippen LogP contribution in [0.4, 0.5) is 4.39 Å². The van der Waals surface area contributed by atoms with Crippen molar-refractivity contribution in [3.05, 3.63) is 95.8 Å². The van der Waals surface area contributed by atoms with E-state index in [0.29, 0.717) is 11.3 Å². The zero-order valence-corrected chi connectivity index (χ0v) is 13.2. The van der Waals surface area contributed by atoms with Crippen LogP contribution in [0.3, 0.4) is 0 Å². The summed E-state index contributed by atoms with van der Waals surface area (Å²) in [6.07, 6.45) is 1.52. The lowest BCUT2D eigenvalue weighted by molar-refractivity contribution is 0.0955. The fraction of sp³-hybridized carbons (Fsp3) is 0. The van der Waals surface area contributed by atoms with Crippen molar-refractivity contribution in [2.75, 3.05) is 0 Å². The molecule has 1 amide bonds. The first-order valence-corrected chi connectivity index (χ1v) is 7.63. The molecular formula is C20H15FN2O2. The maximum Gasteiger partial charge on any atom is 0.271 e. The summed E-state index contributed by atoms with van der Waals surface area (Å²) >= 11 is 0. The Hall–Kier alpha value is -3.47. The Kier molecular flexibility index (Phi) is 5.16. The minimum absolute atomic E-state index is 0.338. The summed E-state index contributed by atoms with van der Waals surface area (Å²) < 4.78 is 18.5. The SMILES string of the molecule is O=C(N/N=C/c1ccc(Oc2ccccc2)cc1)c1ccc(F)cc1. The number of nitrogens with one attached hydrogen (secondary N) is 1. The molecule has 0 aliphatic heterocycles. The summed E-state index contributed by atoms with van der Waals surface area (Å²) in [7, 11) is 0. The highest BCUT2D eigenvalue weighted by molar-refractivity contribution is 5.94. The molecular weight excluding hydrogens is 319 g/mol. The van der Waals surface area contributed by atoms with Gasteiger partial charge in [-0.3, -0.25) is 4.79 Å². The quantitative estimate of drug-likeness (QED) is 0.556. The van der Waals surface area contributed by atoms with Gasteiger partial charge in [-0.15, -0.1) is 0 Å². The minimum Gasteiger partial charge on any atom is -0.457 e. The molecule has 0 spiro atoms. The van der Waals surface area contributed by atoms with Gasteiger partial charge in [-0.25, -0.2) is 9.82 Å². The summed E-state index contributed by atoms with van der Waals surface area (Å²) in [6.45, 7) is 0. The maximum atomic E-state index is 12.8. The van der Waals surface area contributed by atoms with E-state index in [-0.39, 0.29) is 0 Å². The van der Waals surface area contributed by atoms with E-state index < -0.39 is 11.7 Å². The number of amides is 1. The number of benzene rings is 3. The zero-order valence-electron chi connectivity index (χ0n) is 13.2. The van der Waals surface area contributed by atoms with Gasteiger partial charge in [-0.05, 0) is 66.2 Å². The summed E-state index contributed by atoms with van der Waals surface area (Å²) in [6, 6.07) is 22.0. The molecule has 0 saturated carbocycles. The van der Waals surface area contributed by atoms with Crippen LogP contribution in [-0.4, -0.2) is 12.1 Å². The molecule has 4 nitrogen and oxygen atoms in total. The number of carbonyl (C=O) groups is 1. The van der Waals surface area contributed by atoms with E-state index in [2.05, 4.69) is 10.5 Å². The van der Waals surface area contributed by atoms with Gasteiger partial charge < -0.3 is 4.74 Å². The molecule has 124 valence electrons. The Bertz CT molecular complexity index is 860. The predicted octanol–water partition coefficient (Wildman–Crippen LogP) is 4.38. The van der Waals surface area contributed by atoms with Gasteiger partial charge in [0, 0.05) is 5.56 Å². The van der Waals surface area contributed by atoms with Crippen molar-refractivity contribution in [2.45, 2.75) is 0 Å². The van der Waals surface area contributed by atoms with Crippen molar-refractivity contribution in [1.29, 1.82) is 0 Å². The molecule has 0 saturated heterocycles. The molecule has 25 heavy (non-hydrogen) atoms. The molecule has 0 fully saturated rings. The fourth-order valence-electron chi connectivity index (χ4n) is 2.08. The van der Waals surface area contributed by atoms with Crippen LogP contribution < -0.4 is 10.2 Å². The lowest BCUT2D eigenvalue weighted by Crippen LogP contribution is -2.17. The molecule has 3 aromatic rings. The molecule has 0 unspecified atom stereocenters. The Morgan fingerprint density at radius 1 is 0.880 bits per heavy atom. The molecule has 0 heterocycles. The van der Waals surface area contributed by atoms with E-state index in [1.165, 1.54) is 30.5 Å². The molecule has 0 aliphatic rings. The third-order valence-corrected chi connectivity index (χ3v) is 3.35. The van der Waals surface area contributed by atoms with Crippen LogP contribution in [0.25, 0.3) is 0 Å². The fourth-order valence-corrected chi connectivity index (χ4v) is 2.08. The van der Waals surface area contributed by atoms with Crippen LogP contribution >= 0.6 is 0 Å². The Morgan fingerprint density at radius 3 is 2.20 bits per heavy atom. The predicted molar refractivity (Wildman–Crippen MR) is 94.4 cm³/mol. The van der Waals surface area contributed by atoms with Crippen molar-refractivity contribution in [3.8, 4) is 11.5 Å². The van der Waals surface area contributed by atoms with Crippen LogP contribution in [0, 0.1) is 5.82 Å². The molecule has 0 aliphatic carbocycles. The second-order valence-corrected chi connectivity index (χ2v) is 5.19. The molecule has 0 aromatic heterocycles. The van der Waals surface area contributed by atoms with Crippen LogP contribution in [0.1, 0.15) is 15.9 Å². The van der Waals surface area contributed by atoms with Gasteiger partial charge in [0.2, 0.25) is 0 Å². The standard InChI is InChI=1S/C20H15FN2O2/c21-17-10-8-16(9-11-17)20(24)23-22-14-15-6-12-19(13-7-15)25-18-4-2-1-3-5-18/h1-14H,(H,23,24)/b22-14+. The van der Waals surface area contributed by atoms with Crippen LogP contribution in [0.2, 0.25) is 0 Å². The largest absolute Gasteiger partial charge is 0.457 e. The summed E-state index contributed by atoms with van der Waals surface area (Å²) in [5.74, 6) is 0.673. The normalized spacial score (nSPS) is 10.6. The monoisotopic (exact) mass is 334 g/mol. The van der Waals surface area contributed by atoms with Gasteiger partial charge in [0.05, 0.1) is 6.21 Å². The number of hydrazone groups is 1. The number of carbonyl (C=O) groups excluding carboxylic acids is 1. The lowest BCUT2D eigenvalue weighted by atomic mass is 10.2. The molecule has 3 rings (SSSR count). The van der Waals surface area contributed by atoms with E-state index in [1.807, 2.05) is 54.6 Å². The average molecular weight is 334 g/mol. The molecule has 1 N–H and O–H groups in total. The third-order valence-electron chi connectivity index (χ3n) is 3.35. The number of hydrogen-bond donors (Lipinski definition) is 1. The van der Waals surface area contributed by atoms with Gasteiger partial charge in [0.15, 0.2) is 0 Å². The van der Waals surface area contributed by atoms with Crippen molar-refractivity contribution in [2.24, 2.45) is 5.10 Å². The van der Waals surface area contributed by atoms with E-state index in [9.17, 15) is 9.18 Å². The second-order valence-electron chi connectivity index (χ2n) is 5.19. The van der Waals surface area contributed by atoms with Crippen LogP contribution in [-0.2, 0) is 0 Å². The molecule has 3 aromatic carbocycles. The molecule has 0 radical (unpaired) electrons. The first-order chi connectivity index (χ1) is 12.2. The van der Waals surface area contributed by atoms with E-state index in [4.69, 9.17) is 4.74 Å². The van der Waals surface area contributed by atoms with Crippen LogP contribution in [0.15, 0.2) is 84.0 Å². The highest BCUT2D eigenvalue weighted by atomic mass is 19.1. The molecule has 5 heteroatoms. The van der Waals surface area contributed by atoms with Crippen LogP contribution in [0.5, 0.6) is 11.5 Å².